The van der Waals surface area contributed by atoms with Crippen LogP contribution in [-0.4, -0.2) is 21.8 Å². The van der Waals surface area contributed by atoms with Gasteiger partial charge in [0.2, 0.25) is 10.0 Å². The zero-order chi connectivity index (χ0) is 15.8. The van der Waals surface area contributed by atoms with Gasteiger partial charge in [-0.2, -0.15) is 0 Å². The number of aryl methyl sites for hydroxylation is 1. The number of halogens is 1. The Bertz CT molecular complexity index is 890. The number of benzene rings is 1. The minimum atomic E-state index is -4.15. The maximum absolute atomic E-state index is 13.4. The van der Waals surface area contributed by atoms with Crippen LogP contribution in [0.2, 0.25) is 0 Å². The Morgan fingerprint density at radius 1 is 1.24 bits per heavy atom. The highest BCUT2D eigenvalue weighted by molar-refractivity contribution is 7.94. The normalized spacial score (nSPS) is 12.3. The number of primary sulfonamides is 1. The van der Waals surface area contributed by atoms with E-state index in [1.165, 1.54) is 0 Å². The summed E-state index contributed by atoms with van der Waals surface area (Å²) in [6.45, 7) is 1.63. The van der Waals surface area contributed by atoms with Gasteiger partial charge in [0.25, 0.3) is 10.0 Å². The minimum Gasteiger partial charge on any atom is -0.279 e. The number of sulfonamides is 2. The van der Waals surface area contributed by atoms with Crippen LogP contribution in [0, 0.1) is 12.7 Å². The predicted octanol–water partition coefficient (Wildman–Crippen LogP) is 1.04. The molecule has 0 amide bonds. The van der Waals surface area contributed by atoms with E-state index in [1.54, 1.807) is 6.92 Å². The van der Waals surface area contributed by atoms with Crippen LogP contribution in [-0.2, 0) is 20.0 Å². The largest absolute Gasteiger partial charge is 0.279 e. The molecule has 0 aliphatic heterocycles. The molecule has 0 spiro atoms. The number of thiazole rings is 1. The maximum atomic E-state index is 13.4. The van der Waals surface area contributed by atoms with E-state index < -0.39 is 30.8 Å². The quantitative estimate of drug-likeness (QED) is 0.853. The summed E-state index contributed by atoms with van der Waals surface area (Å²) in [4.78, 5) is 3.28. The van der Waals surface area contributed by atoms with Gasteiger partial charge in [0.1, 0.15) is 5.82 Å². The molecule has 7 nitrogen and oxygen atoms in total. The molecule has 11 heteroatoms. The molecule has 114 valence electrons. The Morgan fingerprint density at radius 2 is 1.90 bits per heavy atom. The molecule has 2 aromatic rings. The lowest BCUT2D eigenvalue weighted by molar-refractivity contribution is 0.591. The zero-order valence-corrected chi connectivity index (χ0v) is 13.0. The standard InChI is InChI=1S/C10H10FN3O4S3/c1-6-13-5-10(19-6)21(17,18)14-8-2-7(11)3-9(4-8)20(12,15)16/h2-5,14H,1H3,(H2,12,15,16). The number of hydrogen-bond donors (Lipinski definition) is 2. The number of aromatic nitrogens is 1. The average molecular weight is 351 g/mol. The second kappa shape index (κ2) is 5.33. The first-order valence-corrected chi connectivity index (χ1v) is 9.21. The van der Waals surface area contributed by atoms with Gasteiger partial charge < -0.3 is 0 Å². The summed E-state index contributed by atoms with van der Waals surface area (Å²) < 4.78 is 61.9. The van der Waals surface area contributed by atoms with Gasteiger partial charge in [0.15, 0.2) is 4.21 Å². The first-order chi connectivity index (χ1) is 9.58. The summed E-state index contributed by atoms with van der Waals surface area (Å²) in [7, 11) is -8.12. The van der Waals surface area contributed by atoms with E-state index >= 15 is 0 Å². The van der Waals surface area contributed by atoms with Crippen molar-refractivity contribution in [3.63, 3.8) is 0 Å². The molecule has 0 saturated heterocycles. The van der Waals surface area contributed by atoms with Crippen molar-refractivity contribution in [1.82, 2.24) is 4.98 Å². The number of nitrogens with one attached hydrogen (secondary N) is 1. The van der Waals surface area contributed by atoms with Crippen LogP contribution in [0.25, 0.3) is 0 Å². The average Bonchev–Trinajstić information content (AvgIpc) is 2.74. The zero-order valence-electron chi connectivity index (χ0n) is 10.6. The Kier molecular flexibility index (Phi) is 4.02. The highest BCUT2D eigenvalue weighted by Gasteiger charge is 2.19. The van der Waals surface area contributed by atoms with E-state index in [1.807, 2.05) is 0 Å². The summed E-state index contributed by atoms with van der Waals surface area (Å²) in [6, 6.07) is 2.48. The highest BCUT2D eigenvalue weighted by Crippen LogP contribution is 2.23. The molecular formula is C10H10FN3O4S3. The van der Waals surface area contributed by atoms with Crippen molar-refractivity contribution in [1.29, 1.82) is 0 Å². The monoisotopic (exact) mass is 351 g/mol. The molecule has 0 fully saturated rings. The van der Waals surface area contributed by atoms with Crippen LogP contribution in [0.15, 0.2) is 33.5 Å². The molecule has 3 N–H and O–H groups in total. The molecule has 1 aromatic heterocycles. The second-order valence-corrected chi connectivity index (χ2v) is 8.73. The van der Waals surface area contributed by atoms with Crippen molar-refractivity contribution in [2.24, 2.45) is 5.14 Å². The Labute approximate surface area is 124 Å². The van der Waals surface area contributed by atoms with E-state index in [-0.39, 0.29) is 9.90 Å². The number of hydrogen-bond acceptors (Lipinski definition) is 6. The second-order valence-electron chi connectivity index (χ2n) is 4.02. The molecule has 0 atom stereocenters. The maximum Gasteiger partial charge on any atom is 0.273 e. The lowest BCUT2D eigenvalue weighted by atomic mass is 10.3. The summed E-state index contributed by atoms with van der Waals surface area (Å²) >= 11 is 0.930. The van der Waals surface area contributed by atoms with Crippen molar-refractivity contribution in [3.8, 4) is 0 Å². The summed E-state index contributed by atoms with van der Waals surface area (Å²) in [5.41, 5.74) is -0.245. The first kappa shape index (κ1) is 15.8. The third-order valence-electron chi connectivity index (χ3n) is 2.32. The van der Waals surface area contributed by atoms with Gasteiger partial charge in [-0.05, 0) is 25.1 Å². The van der Waals surface area contributed by atoms with Crippen molar-refractivity contribution < 1.29 is 21.2 Å². The van der Waals surface area contributed by atoms with Crippen LogP contribution < -0.4 is 9.86 Å². The SMILES string of the molecule is Cc1ncc(S(=O)(=O)Nc2cc(F)cc(S(N)(=O)=O)c2)s1. The lowest BCUT2D eigenvalue weighted by Gasteiger charge is -2.07. The third kappa shape index (κ3) is 3.75. The third-order valence-corrected chi connectivity index (χ3v) is 5.96. The molecule has 0 radical (unpaired) electrons. The fourth-order valence-corrected chi connectivity index (χ4v) is 4.17. The van der Waals surface area contributed by atoms with Gasteiger partial charge in [-0.15, -0.1) is 11.3 Å². The fraction of sp³-hybridized carbons (Fsp3) is 0.100. The predicted molar refractivity (Wildman–Crippen MR) is 75.4 cm³/mol. The number of nitrogens with zero attached hydrogens (tertiary/aromatic N) is 1. The summed E-state index contributed by atoms with van der Waals surface area (Å²) in [5, 5.41) is 5.43. The van der Waals surface area contributed by atoms with Crippen LogP contribution in [0.4, 0.5) is 10.1 Å². The molecule has 0 aliphatic carbocycles. The van der Waals surface area contributed by atoms with E-state index in [0.717, 1.165) is 29.7 Å². The molecule has 0 saturated carbocycles. The first-order valence-electron chi connectivity index (χ1n) is 5.36. The lowest BCUT2D eigenvalue weighted by Crippen LogP contribution is -2.15. The van der Waals surface area contributed by atoms with Crippen molar-refractivity contribution in [2.45, 2.75) is 16.0 Å². The van der Waals surface area contributed by atoms with E-state index in [4.69, 9.17) is 5.14 Å². The Hall–Kier alpha value is -1.56. The number of nitrogens with two attached hydrogens (primary N) is 1. The van der Waals surface area contributed by atoms with Gasteiger partial charge in [-0.3, -0.25) is 4.72 Å². The Balaban J connectivity index is 2.42. The summed E-state index contributed by atoms with van der Waals surface area (Å²) in [5.74, 6) is -0.931. The van der Waals surface area contributed by atoms with Gasteiger partial charge in [-0.25, -0.2) is 31.3 Å². The molecule has 0 unspecified atom stereocenters. The fourth-order valence-electron chi connectivity index (χ4n) is 1.46. The van der Waals surface area contributed by atoms with Crippen molar-refractivity contribution >= 4 is 37.1 Å². The van der Waals surface area contributed by atoms with E-state index in [2.05, 4.69) is 9.71 Å². The highest BCUT2D eigenvalue weighted by atomic mass is 32.2. The molecule has 0 bridgehead atoms. The van der Waals surface area contributed by atoms with E-state index in [9.17, 15) is 21.2 Å². The van der Waals surface area contributed by atoms with Gasteiger partial charge in [-0.1, -0.05) is 0 Å². The Morgan fingerprint density at radius 3 is 2.43 bits per heavy atom. The molecular weight excluding hydrogens is 341 g/mol. The van der Waals surface area contributed by atoms with Crippen molar-refractivity contribution in [3.05, 3.63) is 35.2 Å². The molecule has 0 aliphatic rings. The van der Waals surface area contributed by atoms with Crippen molar-refractivity contribution in [2.75, 3.05) is 4.72 Å². The number of anilines is 1. The van der Waals surface area contributed by atoms with Crippen LogP contribution in [0.1, 0.15) is 5.01 Å². The van der Waals surface area contributed by atoms with Crippen LogP contribution >= 0.6 is 11.3 Å². The van der Waals surface area contributed by atoms with Crippen LogP contribution in [0.5, 0.6) is 0 Å². The molecule has 21 heavy (non-hydrogen) atoms. The molecule has 1 aromatic carbocycles. The number of rotatable bonds is 4. The van der Waals surface area contributed by atoms with Gasteiger partial charge in [0.05, 0.1) is 21.8 Å². The molecule has 2 rings (SSSR count). The topological polar surface area (TPSA) is 119 Å². The summed E-state index contributed by atoms with van der Waals surface area (Å²) in [6.07, 6.45) is 1.15. The smallest absolute Gasteiger partial charge is 0.273 e. The van der Waals surface area contributed by atoms with Crippen LogP contribution in [0.3, 0.4) is 0 Å². The van der Waals surface area contributed by atoms with Gasteiger partial charge in [0, 0.05) is 0 Å². The molecule has 1 heterocycles. The van der Waals surface area contributed by atoms with Gasteiger partial charge >= 0.3 is 0 Å². The van der Waals surface area contributed by atoms with E-state index in [0.29, 0.717) is 11.1 Å². The minimum absolute atomic E-state index is 0.0681.